The van der Waals surface area contributed by atoms with Crippen LogP contribution in [0.3, 0.4) is 0 Å². The fraction of sp³-hybridized carbons (Fsp3) is 0.500. The maximum Gasteiger partial charge on any atom is 0.101 e. The van der Waals surface area contributed by atoms with Gasteiger partial charge in [-0.05, 0) is 32.3 Å². The first-order valence-electron chi connectivity index (χ1n) is 6.42. The topological polar surface area (TPSA) is 42.3 Å². The zero-order valence-electron chi connectivity index (χ0n) is 11.4. The van der Waals surface area contributed by atoms with Crippen LogP contribution in [0.4, 0.5) is 5.69 Å². The molecule has 19 heavy (non-hydrogen) atoms. The average Bonchev–Trinajstić information content (AvgIpc) is 2.40. The van der Waals surface area contributed by atoms with Gasteiger partial charge in [-0.25, -0.2) is 0 Å². The minimum atomic E-state index is 0.494. The summed E-state index contributed by atoms with van der Waals surface area (Å²) in [6.07, 6.45) is 0. The van der Waals surface area contributed by atoms with Gasteiger partial charge in [-0.15, -0.1) is 0 Å². The van der Waals surface area contributed by atoms with Gasteiger partial charge >= 0.3 is 0 Å². The standard InChI is InChI=1S/C14H19ClN4/c1-18-5-6-19(2)13(10-18)9-17-12-4-3-11(8-16)14(15)7-12/h3-4,7,13,17H,5-6,9-10H2,1-2H3. The molecule has 1 heterocycles. The van der Waals surface area contributed by atoms with Crippen molar-refractivity contribution in [3.63, 3.8) is 0 Å². The lowest BCUT2D eigenvalue weighted by molar-refractivity contribution is 0.122. The van der Waals surface area contributed by atoms with E-state index in [2.05, 4.69) is 35.3 Å². The first kappa shape index (κ1) is 14.1. The zero-order valence-corrected chi connectivity index (χ0v) is 12.1. The Morgan fingerprint density at radius 1 is 1.42 bits per heavy atom. The van der Waals surface area contributed by atoms with Gasteiger partial charge in [-0.1, -0.05) is 11.6 Å². The van der Waals surface area contributed by atoms with Gasteiger partial charge in [-0.3, -0.25) is 4.90 Å². The molecule has 1 unspecified atom stereocenters. The molecule has 1 aliphatic heterocycles. The van der Waals surface area contributed by atoms with Crippen molar-refractivity contribution in [3.8, 4) is 6.07 Å². The molecule has 1 aromatic carbocycles. The number of hydrogen-bond acceptors (Lipinski definition) is 4. The number of piperazine rings is 1. The van der Waals surface area contributed by atoms with E-state index < -0.39 is 0 Å². The van der Waals surface area contributed by atoms with E-state index in [0.717, 1.165) is 31.9 Å². The van der Waals surface area contributed by atoms with Gasteiger partial charge in [0.05, 0.1) is 10.6 Å². The molecule has 1 fully saturated rings. The molecule has 0 aromatic heterocycles. The highest BCUT2D eigenvalue weighted by molar-refractivity contribution is 6.32. The van der Waals surface area contributed by atoms with Crippen molar-refractivity contribution in [3.05, 3.63) is 28.8 Å². The molecule has 2 rings (SSSR count). The summed E-state index contributed by atoms with van der Waals surface area (Å²) in [5.74, 6) is 0. The van der Waals surface area contributed by atoms with Crippen LogP contribution < -0.4 is 5.32 Å². The molecule has 0 amide bonds. The third-order valence-electron chi connectivity index (χ3n) is 3.61. The Bertz CT molecular complexity index is 483. The fourth-order valence-electron chi connectivity index (χ4n) is 2.27. The Morgan fingerprint density at radius 3 is 2.89 bits per heavy atom. The first-order chi connectivity index (χ1) is 9.10. The highest BCUT2D eigenvalue weighted by Crippen LogP contribution is 2.20. The van der Waals surface area contributed by atoms with E-state index in [9.17, 15) is 0 Å². The number of hydrogen-bond donors (Lipinski definition) is 1. The van der Waals surface area contributed by atoms with Crippen molar-refractivity contribution < 1.29 is 0 Å². The fourth-order valence-corrected chi connectivity index (χ4v) is 2.50. The molecule has 1 saturated heterocycles. The molecule has 0 aliphatic carbocycles. The lowest BCUT2D eigenvalue weighted by atomic mass is 10.1. The van der Waals surface area contributed by atoms with Crippen molar-refractivity contribution in [1.82, 2.24) is 9.80 Å². The van der Waals surface area contributed by atoms with Crippen molar-refractivity contribution in [2.75, 3.05) is 45.6 Å². The molecule has 102 valence electrons. The van der Waals surface area contributed by atoms with E-state index >= 15 is 0 Å². The van der Waals surface area contributed by atoms with E-state index in [0.29, 0.717) is 16.6 Å². The second kappa shape index (κ2) is 6.25. The molecule has 4 nitrogen and oxygen atoms in total. The molecule has 0 spiro atoms. The highest BCUT2D eigenvalue weighted by atomic mass is 35.5. The van der Waals surface area contributed by atoms with E-state index in [4.69, 9.17) is 16.9 Å². The molecule has 5 heteroatoms. The quantitative estimate of drug-likeness (QED) is 0.917. The van der Waals surface area contributed by atoms with Crippen LogP contribution in [0.5, 0.6) is 0 Å². The Kier molecular flexibility index (Phi) is 4.65. The summed E-state index contributed by atoms with van der Waals surface area (Å²) in [5, 5.41) is 12.7. The number of benzene rings is 1. The summed E-state index contributed by atoms with van der Waals surface area (Å²) in [6.45, 7) is 4.16. The van der Waals surface area contributed by atoms with Crippen molar-refractivity contribution >= 4 is 17.3 Å². The van der Waals surface area contributed by atoms with Gasteiger partial charge in [-0.2, -0.15) is 5.26 Å². The predicted octanol–water partition coefficient (Wildman–Crippen LogP) is 1.87. The van der Waals surface area contributed by atoms with Crippen molar-refractivity contribution in [2.45, 2.75) is 6.04 Å². The number of nitrogens with zero attached hydrogens (tertiary/aromatic N) is 3. The van der Waals surface area contributed by atoms with Gasteiger partial charge in [0.15, 0.2) is 0 Å². The number of halogens is 1. The number of anilines is 1. The summed E-state index contributed by atoms with van der Waals surface area (Å²) >= 11 is 6.02. The second-order valence-corrected chi connectivity index (χ2v) is 5.49. The van der Waals surface area contributed by atoms with Crippen LogP contribution in [0.2, 0.25) is 5.02 Å². The van der Waals surface area contributed by atoms with Gasteiger partial charge in [0.1, 0.15) is 6.07 Å². The zero-order chi connectivity index (χ0) is 13.8. The summed E-state index contributed by atoms with van der Waals surface area (Å²) in [6, 6.07) is 8.02. The number of likely N-dealkylation sites (N-methyl/N-ethyl adjacent to an activating group) is 2. The Balaban J connectivity index is 1.95. The monoisotopic (exact) mass is 278 g/mol. The lowest BCUT2D eigenvalue weighted by Gasteiger charge is -2.37. The third-order valence-corrected chi connectivity index (χ3v) is 3.92. The minimum Gasteiger partial charge on any atom is -0.383 e. The maximum absolute atomic E-state index is 8.84. The van der Waals surface area contributed by atoms with E-state index in [1.807, 2.05) is 12.1 Å². The van der Waals surface area contributed by atoms with Crippen LogP contribution in [-0.2, 0) is 0 Å². The van der Waals surface area contributed by atoms with Crippen LogP contribution in [0.25, 0.3) is 0 Å². The maximum atomic E-state index is 8.84. The average molecular weight is 279 g/mol. The number of nitrogens with one attached hydrogen (secondary N) is 1. The second-order valence-electron chi connectivity index (χ2n) is 5.08. The Morgan fingerprint density at radius 2 is 2.21 bits per heavy atom. The summed E-state index contributed by atoms with van der Waals surface area (Å²) in [7, 11) is 4.31. The van der Waals surface area contributed by atoms with E-state index in [1.165, 1.54) is 0 Å². The minimum absolute atomic E-state index is 0.494. The van der Waals surface area contributed by atoms with Gasteiger partial charge in [0.25, 0.3) is 0 Å². The van der Waals surface area contributed by atoms with Gasteiger partial charge in [0.2, 0.25) is 0 Å². The van der Waals surface area contributed by atoms with E-state index in [-0.39, 0.29) is 0 Å². The molecule has 0 bridgehead atoms. The molecular weight excluding hydrogens is 260 g/mol. The molecule has 1 N–H and O–H groups in total. The summed E-state index contributed by atoms with van der Waals surface area (Å²) < 4.78 is 0. The molecule has 1 aromatic rings. The summed E-state index contributed by atoms with van der Waals surface area (Å²) in [5.41, 5.74) is 1.48. The van der Waals surface area contributed by atoms with Crippen LogP contribution in [0, 0.1) is 11.3 Å². The molecule has 1 atom stereocenters. The van der Waals surface area contributed by atoms with E-state index in [1.54, 1.807) is 6.07 Å². The Labute approximate surface area is 119 Å². The molecule has 0 radical (unpaired) electrons. The SMILES string of the molecule is CN1CCN(C)C(CNc2ccc(C#N)c(Cl)c2)C1. The largest absolute Gasteiger partial charge is 0.383 e. The smallest absolute Gasteiger partial charge is 0.101 e. The Hall–Kier alpha value is -1.28. The van der Waals surface area contributed by atoms with Crippen LogP contribution in [0.1, 0.15) is 5.56 Å². The van der Waals surface area contributed by atoms with Crippen molar-refractivity contribution in [2.24, 2.45) is 0 Å². The summed E-state index contributed by atoms with van der Waals surface area (Å²) in [4.78, 5) is 4.72. The number of rotatable bonds is 3. The normalized spacial score (nSPS) is 21.1. The first-order valence-corrected chi connectivity index (χ1v) is 6.80. The third kappa shape index (κ3) is 3.60. The number of nitriles is 1. The van der Waals surface area contributed by atoms with Gasteiger partial charge in [0, 0.05) is 37.9 Å². The van der Waals surface area contributed by atoms with Crippen LogP contribution in [-0.4, -0.2) is 56.1 Å². The highest BCUT2D eigenvalue weighted by Gasteiger charge is 2.21. The van der Waals surface area contributed by atoms with Crippen LogP contribution >= 0.6 is 11.6 Å². The van der Waals surface area contributed by atoms with Crippen molar-refractivity contribution in [1.29, 1.82) is 5.26 Å². The molecule has 0 saturated carbocycles. The molecule has 1 aliphatic rings. The van der Waals surface area contributed by atoms with Crippen LogP contribution in [0.15, 0.2) is 18.2 Å². The molecular formula is C14H19ClN4. The lowest BCUT2D eigenvalue weighted by Crippen LogP contribution is -2.52. The van der Waals surface area contributed by atoms with Gasteiger partial charge < -0.3 is 10.2 Å². The predicted molar refractivity (Wildman–Crippen MR) is 78.6 cm³/mol.